The quantitative estimate of drug-likeness (QED) is 0.342. The monoisotopic (exact) mass is 268 g/mol. The van der Waals surface area contributed by atoms with Crippen molar-refractivity contribution in [2.24, 2.45) is 5.84 Å². The maximum Gasteiger partial charge on any atom is 0.315 e. The molecule has 98 valence electrons. The Hall–Kier alpha value is -1.53. The fourth-order valence-electron chi connectivity index (χ4n) is 1.30. The van der Waals surface area contributed by atoms with Gasteiger partial charge in [-0.25, -0.2) is 5.84 Å². The summed E-state index contributed by atoms with van der Waals surface area (Å²) >= 11 is 1.49. The van der Waals surface area contributed by atoms with Crippen molar-refractivity contribution in [1.29, 1.82) is 0 Å². The smallest absolute Gasteiger partial charge is 0.315 e. The van der Waals surface area contributed by atoms with Gasteiger partial charge in [0, 0.05) is 5.75 Å². The maximum absolute atomic E-state index is 11.1. The fourth-order valence-corrected chi connectivity index (χ4v) is 2.12. The molecule has 0 saturated heterocycles. The van der Waals surface area contributed by atoms with Gasteiger partial charge in [-0.15, -0.1) is 11.8 Å². The van der Waals surface area contributed by atoms with Crippen molar-refractivity contribution < 1.29 is 14.3 Å². The Morgan fingerprint density at radius 1 is 1.28 bits per heavy atom. The highest BCUT2D eigenvalue weighted by atomic mass is 32.2. The third-order valence-electron chi connectivity index (χ3n) is 2.26. The second-order valence-electron chi connectivity index (χ2n) is 3.63. The van der Waals surface area contributed by atoms with Gasteiger partial charge in [0.25, 0.3) is 0 Å². The zero-order valence-electron chi connectivity index (χ0n) is 10.1. The zero-order valence-corrected chi connectivity index (χ0v) is 11.0. The molecule has 0 aliphatic heterocycles. The van der Waals surface area contributed by atoms with Gasteiger partial charge in [-0.05, 0) is 11.1 Å². The van der Waals surface area contributed by atoms with Gasteiger partial charge in [-0.3, -0.25) is 15.0 Å². The van der Waals surface area contributed by atoms with Crippen LogP contribution in [0.4, 0.5) is 0 Å². The van der Waals surface area contributed by atoms with Crippen molar-refractivity contribution in [3.63, 3.8) is 0 Å². The molecule has 0 radical (unpaired) electrons. The highest BCUT2D eigenvalue weighted by Gasteiger charge is 2.03. The van der Waals surface area contributed by atoms with Crippen LogP contribution in [0.15, 0.2) is 24.3 Å². The number of thioether (sulfide) groups is 1. The van der Waals surface area contributed by atoms with Crippen LogP contribution in [0.3, 0.4) is 0 Å². The van der Waals surface area contributed by atoms with Gasteiger partial charge in [0.05, 0.1) is 19.3 Å². The Labute approximate surface area is 110 Å². The molecule has 1 amide bonds. The summed E-state index contributed by atoms with van der Waals surface area (Å²) in [4.78, 5) is 22.0. The number of rotatable bonds is 6. The molecule has 3 N–H and O–H groups in total. The number of benzene rings is 1. The molecule has 5 nitrogen and oxygen atoms in total. The molecule has 0 atom stereocenters. The molecule has 6 heteroatoms. The standard InChI is InChI=1S/C12H16N2O3S/c1-17-12(16)8-18-7-10-4-2-9(3-5-10)6-11(15)14-13/h2-5H,6-8,13H2,1H3,(H,14,15). The number of nitrogens with two attached hydrogens (primary N) is 1. The van der Waals surface area contributed by atoms with Gasteiger partial charge in [0.15, 0.2) is 0 Å². The van der Waals surface area contributed by atoms with E-state index in [4.69, 9.17) is 5.84 Å². The number of hydrogen-bond acceptors (Lipinski definition) is 5. The third-order valence-corrected chi connectivity index (χ3v) is 3.24. The topological polar surface area (TPSA) is 81.4 Å². The minimum atomic E-state index is -0.226. The molecule has 1 aromatic carbocycles. The highest BCUT2D eigenvalue weighted by molar-refractivity contribution is 7.99. The van der Waals surface area contributed by atoms with E-state index in [1.807, 2.05) is 24.3 Å². The lowest BCUT2D eigenvalue weighted by atomic mass is 10.1. The molecule has 1 rings (SSSR count). The molecule has 0 unspecified atom stereocenters. The Balaban J connectivity index is 2.40. The lowest BCUT2D eigenvalue weighted by molar-refractivity contribution is -0.137. The predicted octanol–water partition coefficient (Wildman–Crippen LogP) is 0.625. The minimum absolute atomic E-state index is 0.220. The number of hydrazine groups is 1. The van der Waals surface area contributed by atoms with Crippen molar-refractivity contribution in [3.8, 4) is 0 Å². The number of nitrogens with one attached hydrogen (secondary N) is 1. The number of esters is 1. The van der Waals surface area contributed by atoms with Crippen LogP contribution < -0.4 is 11.3 Å². The molecule has 0 fully saturated rings. The van der Waals surface area contributed by atoms with Crippen LogP contribution in [0.25, 0.3) is 0 Å². The lowest BCUT2D eigenvalue weighted by Gasteiger charge is -2.03. The zero-order chi connectivity index (χ0) is 13.4. The number of amides is 1. The number of carbonyl (C=O) groups is 2. The van der Waals surface area contributed by atoms with Crippen molar-refractivity contribution in [2.45, 2.75) is 12.2 Å². The Morgan fingerprint density at radius 3 is 2.44 bits per heavy atom. The number of hydrogen-bond donors (Lipinski definition) is 2. The largest absolute Gasteiger partial charge is 0.468 e. The first-order valence-corrected chi connectivity index (χ1v) is 6.53. The first-order chi connectivity index (χ1) is 8.65. The summed E-state index contributed by atoms with van der Waals surface area (Å²) in [6.07, 6.45) is 0.270. The van der Waals surface area contributed by atoms with Crippen molar-refractivity contribution in [3.05, 3.63) is 35.4 Å². The molecular formula is C12H16N2O3S. The molecule has 18 heavy (non-hydrogen) atoms. The first-order valence-electron chi connectivity index (χ1n) is 5.37. The predicted molar refractivity (Wildman–Crippen MR) is 70.7 cm³/mol. The van der Waals surface area contributed by atoms with Gasteiger partial charge in [0.1, 0.15) is 0 Å². The second-order valence-corrected chi connectivity index (χ2v) is 4.62. The van der Waals surface area contributed by atoms with Gasteiger partial charge in [0.2, 0.25) is 5.91 Å². The van der Waals surface area contributed by atoms with E-state index in [2.05, 4.69) is 10.2 Å². The van der Waals surface area contributed by atoms with Gasteiger partial charge >= 0.3 is 5.97 Å². The first kappa shape index (κ1) is 14.5. The van der Waals surface area contributed by atoms with Crippen LogP contribution in [0.5, 0.6) is 0 Å². The number of ether oxygens (including phenoxy) is 1. The highest BCUT2D eigenvalue weighted by Crippen LogP contribution is 2.13. The number of methoxy groups -OCH3 is 1. The molecular weight excluding hydrogens is 252 g/mol. The van der Waals surface area contributed by atoms with Gasteiger partial charge in [-0.2, -0.15) is 0 Å². The van der Waals surface area contributed by atoms with Crippen LogP contribution >= 0.6 is 11.8 Å². The molecule has 0 aliphatic carbocycles. The van der Waals surface area contributed by atoms with E-state index in [-0.39, 0.29) is 18.3 Å². The second kappa shape index (κ2) is 7.73. The molecule has 0 saturated carbocycles. The van der Waals surface area contributed by atoms with Crippen LogP contribution in [0.2, 0.25) is 0 Å². The van der Waals surface area contributed by atoms with E-state index in [1.54, 1.807) is 0 Å². The average molecular weight is 268 g/mol. The summed E-state index contributed by atoms with van der Waals surface area (Å²) in [6.45, 7) is 0. The lowest BCUT2D eigenvalue weighted by Crippen LogP contribution is -2.31. The maximum atomic E-state index is 11.1. The van der Waals surface area contributed by atoms with Crippen molar-refractivity contribution >= 4 is 23.6 Å². The van der Waals surface area contributed by atoms with E-state index in [0.29, 0.717) is 5.75 Å². The summed E-state index contributed by atoms with van der Waals surface area (Å²) in [5.74, 6) is 5.64. The Morgan fingerprint density at radius 2 is 1.89 bits per heavy atom. The third kappa shape index (κ3) is 5.20. The molecule has 1 aromatic rings. The summed E-state index contributed by atoms with van der Waals surface area (Å²) in [5.41, 5.74) is 4.09. The van der Waals surface area contributed by atoms with Gasteiger partial charge < -0.3 is 4.74 Å². The van der Waals surface area contributed by atoms with E-state index >= 15 is 0 Å². The molecule has 0 aliphatic rings. The molecule has 0 bridgehead atoms. The number of carbonyl (C=O) groups excluding carboxylic acids is 2. The summed E-state index contributed by atoms with van der Waals surface area (Å²) in [7, 11) is 1.38. The van der Waals surface area contributed by atoms with E-state index in [0.717, 1.165) is 16.9 Å². The van der Waals surface area contributed by atoms with Crippen molar-refractivity contribution in [1.82, 2.24) is 5.43 Å². The Kier molecular flexibility index (Phi) is 6.24. The SMILES string of the molecule is COC(=O)CSCc1ccc(CC(=O)NN)cc1. The van der Waals surface area contributed by atoms with Crippen molar-refractivity contribution in [2.75, 3.05) is 12.9 Å². The Bertz CT molecular complexity index is 406. The average Bonchev–Trinajstić information content (AvgIpc) is 2.40. The van der Waals surface area contributed by atoms with Crippen LogP contribution in [0, 0.1) is 0 Å². The summed E-state index contributed by atoms with van der Waals surface area (Å²) in [5, 5.41) is 0. The molecule has 0 aromatic heterocycles. The van der Waals surface area contributed by atoms with E-state index in [9.17, 15) is 9.59 Å². The van der Waals surface area contributed by atoms with Crippen LogP contribution in [0.1, 0.15) is 11.1 Å². The van der Waals surface area contributed by atoms with Crippen LogP contribution in [-0.2, 0) is 26.5 Å². The normalized spacial score (nSPS) is 9.89. The fraction of sp³-hybridized carbons (Fsp3) is 0.333. The molecule has 0 spiro atoms. The van der Waals surface area contributed by atoms with Crippen LogP contribution in [-0.4, -0.2) is 24.7 Å². The molecule has 0 heterocycles. The summed E-state index contributed by atoms with van der Waals surface area (Å²) < 4.78 is 4.55. The van der Waals surface area contributed by atoms with Gasteiger partial charge in [-0.1, -0.05) is 24.3 Å². The minimum Gasteiger partial charge on any atom is -0.468 e. The van der Waals surface area contributed by atoms with E-state index < -0.39 is 0 Å². The summed E-state index contributed by atoms with van der Waals surface area (Å²) in [6, 6.07) is 7.62. The van der Waals surface area contributed by atoms with E-state index in [1.165, 1.54) is 18.9 Å².